The van der Waals surface area contributed by atoms with Crippen LogP contribution < -0.4 is 10.2 Å². The van der Waals surface area contributed by atoms with Crippen molar-refractivity contribution < 1.29 is 4.39 Å². The molecule has 0 aromatic heterocycles. The maximum Gasteiger partial charge on any atom is 0.143 e. The summed E-state index contributed by atoms with van der Waals surface area (Å²) in [6.45, 7) is 2.99. The maximum absolute atomic E-state index is 13.2. The number of anilines is 2. The van der Waals surface area contributed by atoms with Gasteiger partial charge in [-0.3, -0.25) is 0 Å². The van der Waals surface area contributed by atoms with E-state index in [1.807, 2.05) is 7.05 Å². The van der Waals surface area contributed by atoms with E-state index >= 15 is 0 Å². The van der Waals surface area contributed by atoms with Crippen molar-refractivity contribution in [1.29, 1.82) is 0 Å². The molecule has 15 heavy (non-hydrogen) atoms. The Bertz CT molecular complexity index is 381. The molecule has 1 unspecified atom stereocenters. The lowest BCUT2D eigenvalue weighted by atomic mass is 10.1. The number of nitrogens with one attached hydrogen (secondary N) is 1. The van der Waals surface area contributed by atoms with Gasteiger partial charge in [0, 0.05) is 25.7 Å². The molecule has 1 aliphatic heterocycles. The summed E-state index contributed by atoms with van der Waals surface area (Å²) in [5.41, 5.74) is 1.80. The molecular formula is C11H14ClFN2. The van der Waals surface area contributed by atoms with E-state index in [0.29, 0.717) is 6.04 Å². The van der Waals surface area contributed by atoms with Crippen molar-refractivity contribution in [2.75, 3.05) is 23.8 Å². The third kappa shape index (κ3) is 1.76. The van der Waals surface area contributed by atoms with Crippen LogP contribution in [-0.4, -0.2) is 19.6 Å². The van der Waals surface area contributed by atoms with Crippen LogP contribution in [0.4, 0.5) is 15.8 Å². The summed E-state index contributed by atoms with van der Waals surface area (Å²) in [4.78, 5) is 2.15. The zero-order chi connectivity index (χ0) is 11.0. The number of rotatable bonds is 1. The average Bonchev–Trinajstić information content (AvgIpc) is 2.22. The van der Waals surface area contributed by atoms with Gasteiger partial charge in [0.2, 0.25) is 0 Å². The van der Waals surface area contributed by atoms with Crippen LogP contribution in [0.2, 0.25) is 5.02 Å². The second kappa shape index (κ2) is 3.89. The van der Waals surface area contributed by atoms with Crippen LogP contribution in [0.25, 0.3) is 0 Å². The van der Waals surface area contributed by atoms with Crippen LogP contribution >= 0.6 is 11.6 Å². The van der Waals surface area contributed by atoms with Gasteiger partial charge in [-0.1, -0.05) is 18.5 Å². The molecule has 1 atom stereocenters. The molecule has 0 bridgehead atoms. The van der Waals surface area contributed by atoms with E-state index in [9.17, 15) is 4.39 Å². The standard InChI is InChI=1S/C11H14ClFN2/c1-3-7-6-14-10-5-9(13)8(12)4-11(10)15(7)2/h4-5,7,14H,3,6H2,1-2H3. The summed E-state index contributed by atoms with van der Waals surface area (Å²) < 4.78 is 13.2. The number of halogens is 2. The van der Waals surface area contributed by atoms with Gasteiger partial charge in [-0.25, -0.2) is 4.39 Å². The molecule has 1 heterocycles. The van der Waals surface area contributed by atoms with E-state index in [1.165, 1.54) is 6.07 Å². The van der Waals surface area contributed by atoms with Crippen LogP contribution in [0.15, 0.2) is 12.1 Å². The van der Waals surface area contributed by atoms with Crippen LogP contribution in [0.1, 0.15) is 13.3 Å². The number of hydrogen-bond acceptors (Lipinski definition) is 2. The topological polar surface area (TPSA) is 15.3 Å². The minimum atomic E-state index is -0.369. The van der Waals surface area contributed by atoms with Crippen molar-refractivity contribution in [3.63, 3.8) is 0 Å². The van der Waals surface area contributed by atoms with E-state index in [1.54, 1.807) is 6.07 Å². The second-order valence-electron chi connectivity index (χ2n) is 3.84. The fourth-order valence-electron chi connectivity index (χ4n) is 1.95. The smallest absolute Gasteiger partial charge is 0.143 e. The minimum absolute atomic E-state index is 0.180. The molecule has 4 heteroatoms. The first kappa shape index (κ1) is 10.6. The van der Waals surface area contributed by atoms with E-state index in [0.717, 1.165) is 24.3 Å². The molecule has 0 amide bonds. The molecule has 1 aromatic rings. The molecule has 0 fully saturated rings. The van der Waals surface area contributed by atoms with E-state index in [-0.39, 0.29) is 10.8 Å². The van der Waals surface area contributed by atoms with Crippen LogP contribution in [-0.2, 0) is 0 Å². The third-order valence-corrected chi connectivity index (χ3v) is 3.26. The van der Waals surface area contributed by atoms with Crippen LogP contribution in [0, 0.1) is 5.82 Å². The minimum Gasteiger partial charge on any atom is -0.381 e. The van der Waals surface area contributed by atoms with Crippen molar-refractivity contribution in [1.82, 2.24) is 0 Å². The Morgan fingerprint density at radius 1 is 1.60 bits per heavy atom. The Kier molecular flexibility index (Phi) is 2.74. The Morgan fingerprint density at radius 3 is 3.00 bits per heavy atom. The monoisotopic (exact) mass is 228 g/mol. The molecule has 0 spiro atoms. The molecule has 0 saturated heterocycles. The van der Waals surface area contributed by atoms with Crippen molar-refractivity contribution in [3.05, 3.63) is 23.0 Å². The quantitative estimate of drug-likeness (QED) is 0.795. The molecule has 0 radical (unpaired) electrons. The average molecular weight is 229 g/mol. The lowest BCUT2D eigenvalue weighted by Gasteiger charge is -2.36. The Morgan fingerprint density at radius 2 is 2.33 bits per heavy atom. The van der Waals surface area contributed by atoms with Crippen molar-refractivity contribution in [2.45, 2.75) is 19.4 Å². The summed E-state index contributed by atoms with van der Waals surface area (Å²) in [7, 11) is 2.02. The molecule has 1 N–H and O–H groups in total. The third-order valence-electron chi connectivity index (χ3n) is 2.97. The van der Waals surface area contributed by atoms with Crippen LogP contribution in [0.3, 0.4) is 0 Å². The van der Waals surface area contributed by atoms with Crippen molar-refractivity contribution in [3.8, 4) is 0 Å². The summed E-state index contributed by atoms with van der Waals surface area (Å²) in [6.07, 6.45) is 1.05. The first-order valence-corrected chi connectivity index (χ1v) is 5.47. The van der Waals surface area contributed by atoms with Gasteiger partial charge in [0.05, 0.1) is 16.4 Å². The first-order chi connectivity index (χ1) is 7.13. The van der Waals surface area contributed by atoms with Gasteiger partial charge in [0.15, 0.2) is 0 Å². The zero-order valence-corrected chi connectivity index (χ0v) is 9.61. The summed E-state index contributed by atoms with van der Waals surface area (Å²) >= 11 is 5.77. The van der Waals surface area contributed by atoms with Crippen LogP contribution in [0.5, 0.6) is 0 Å². The van der Waals surface area contributed by atoms with Gasteiger partial charge in [-0.2, -0.15) is 0 Å². The first-order valence-electron chi connectivity index (χ1n) is 5.09. The highest BCUT2D eigenvalue weighted by Crippen LogP contribution is 2.35. The molecule has 1 aliphatic rings. The molecule has 0 aliphatic carbocycles. The largest absolute Gasteiger partial charge is 0.381 e. The number of nitrogens with zero attached hydrogens (tertiary/aromatic N) is 1. The normalized spacial score (nSPS) is 19.7. The number of hydrogen-bond donors (Lipinski definition) is 1. The second-order valence-corrected chi connectivity index (χ2v) is 4.24. The molecule has 2 rings (SSSR count). The van der Waals surface area contributed by atoms with Crippen molar-refractivity contribution in [2.24, 2.45) is 0 Å². The maximum atomic E-state index is 13.2. The van der Waals surface area contributed by atoms with Gasteiger partial charge in [-0.15, -0.1) is 0 Å². The highest BCUT2D eigenvalue weighted by molar-refractivity contribution is 6.31. The van der Waals surface area contributed by atoms with E-state index < -0.39 is 0 Å². The van der Waals surface area contributed by atoms with Gasteiger partial charge < -0.3 is 10.2 Å². The molecular weight excluding hydrogens is 215 g/mol. The Hall–Kier alpha value is -0.960. The molecule has 2 nitrogen and oxygen atoms in total. The van der Waals surface area contributed by atoms with E-state index in [2.05, 4.69) is 17.1 Å². The number of benzene rings is 1. The zero-order valence-electron chi connectivity index (χ0n) is 8.85. The summed E-state index contributed by atoms with van der Waals surface area (Å²) in [6, 6.07) is 3.58. The van der Waals surface area contributed by atoms with Gasteiger partial charge >= 0.3 is 0 Å². The molecule has 82 valence electrons. The number of likely N-dealkylation sites (N-methyl/N-ethyl adjacent to an activating group) is 1. The Labute approximate surface area is 94.0 Å². The van der Waals surface area contributed by atoms with Gasteiger partial charge in [0.25, 0.3) is 0 Å². The summed E-state index contributed by atoms with van der Waals surface area (Å²) in [5, 5.41) is 3.40. The lowest BCUT2D eigenvalue weighted by molar-refractivity contribution is 0.610. The fraction of sp³-hybridized carbons (Fsp3) is 0.455. The number of fused-ring (bicyclic) bond motifs is 1. The van der Waals surface area contributed by atoms with E-state index in [4.69, 9.17) is 11.6 Å². The Balaban J connectivity index is 2.43. The lowest BCUT2D eigenvalue weighted by Crippen LogP contribution is -2.41. The molecule has 1 aromatic carbocycles. The predicted molar refractivity (Wildman–Crippen MR) is 62.4 cm³/mol. The molecule has 0 saturated carbocycles. The van der Waals surface area contributed by atoms with Crippen molar-refractivity contribution >= 4 is 23.0 Å². The van der Waals surface area contributed by atoms with Gasteiger partial charge in [-0.05, 0) is 12.5 Å². The predicted octanol–water partition coefficient (Wildman–Crippen LogP) is 3.12. The fourth-order valence-corrected chi connectivity index (χ4v) is 2.11. The summed E-state index contributed by atoms with van der Waals surface area (Å²) in [5.74, 6) is -0.369. The SMILES string of the molecule is CCC1CNc2cc(F)c(Cl)cc2N1C. The highest BCUT2D eigenvalue weighted by atomic mass is 35.5. The van der Waals surface area contributed by atoms with Gasteiger partial charge in [0.1, 0.15) is 5.82 Å². The highest BCUT2D eigenvalue weighted by Gasteiger charge is 2.22.